The van der Waals surface area contributed by atoms with E-state index in [0.717, 1.165) is 0 Å². The molecule has 0 aliphatic heterocycles. The lowest BCUT2D eigenvalue weighted by atomic mass is 10.3. The molecule has 0 bridgehead atoms. The number of rotatable bonds is 8. The highest BCUT2D eigenvalue weighted by Crippen LogP contribution is 1.98. The first kappa shape index (κ1) is 15.1. The summed E-state index contributed by atoms with van der Waals surface area (Å²) in [5.41, 5.74) is 0. The molecule has 1 aromatic heterocycles. The molecule has 0 amide bonds. The van der Waals surface area contributed by atoms with Gasteiger partial charge in [-0.3, -0.25) is 0 Å². The van der Waals surface area contributed by atoms with E-state index >= 15 is 0 Å². The highest BCUT2D eigenvalue weighted by molar-refractivity contribution is 7.90. The van der Waals surface area contributed by atoms with Gasteiger partial charge >= 0.3 is 0 Å². The number of nitrogens with zero attached hydrogens (tertiary/aromatic N) is 2. The molecule has 1 atom stereocenters. The first-order chi connectivity index (χ1) is 8.42. The molecule has 0 fully saturated rings. The molecule has 1 heterocycles. The van der Waals surface area contributed by atoms with E-state index in [1.54, 1.807) is 6.92 Å². The molecule has 0 aliphatic rings. The Bertz CT molecular complexity index is 430. The summed E-state index contributed by atoms with van der Waals surface area (Å²) in [7, 11) is -3.31. The molecule has 0 spiro atoms. The topological polar surface area (TPSA) is 97.1 Å². The minimum atomic E-state index is -3.31. The van der Waals surface area contributed by atoms with E-state index in [9.17, 15) is 8.42 Å². The second-order valence-corrected chi connectivity index (χ2v) is 6.58. The normalized spacial score (nSPS) is 14.0. The van der Waals surface area contributed by atoms with Gasteiger partial charge in [0.1, 0.15) is 0 Å². The lowest BCUT2D eigenvalue weighted by Crippen LogP contribution is -2.41. The van der Waals surface area contributed by atoms with E-state index in [1.807, 2.05) is 13.8 Å². The number of hydrogen-bond acceptors (Lipinski definition) is 6. The predicted octanol–water partition coefficient (Wildman–Crippen LogP) is -0.0820. The molecule has 104 valence electrons. The molecule has 1 unspecified atom stereocenters. The standard InChI is InChI=1S/C10H20N4O3S/c1-8(2)11-6-9(3)18(15,16)14-5-4-10-12-7-13-17-10/h7-9,11,14H,4-6H2,1-3H3. The fraction of sp³-hybridized carbons (Fsp3) is 0.800. The molecule has 0 saturated carbocycles. The molecule has 2 N–H and O–H groups in total. The van der Waals surface area contributed by atoms with E-state index in [4.69, 9.17) is 4.52 Å². The zero-order chi connectivity index (χ0) is 13.6. The number of sulfonamides is 1. The van der Waals surface area contributed by atoms with Gasteiger partial charge in [-0.25, -0.2) is 13.1 Å². The first-order valence-corrected chi connectivity index (χ1v) is 7.44. The second-order valence-electron chi connectivity index (χ2n) is 4.40. The summed E-state index contributed by atoms with van der Waals surface area (Å²) in [6, 6.07) is 0.265. The zero-order valence-corrected chi connectivity index (χ0v) is 11.7. The van der Waals surface area contributed by atoms with Crippen LogP contribution in [0.15, 0.2) is 10.9 Å². The zero-order valence-electron chi connectivity index (χ0n) is 10.9. The van der Waals surface area contributed by atoms with E-state index in [1.165, 1.54) is 6.33 Å². The van der Waals surface area contributed by atoms with Crippen molar-refractivity contribution < 1.29 is 12.9 Å². The van der Waals surface area contributed by atoms with Gasteiger partial charge in [0.2, 0.25) is 15.9 Å². The van der Waals surface area contributed by atoms with Crippen LogP contribution in [0.1, 0.15) is 26.7 Å². The third kappa shape index (κ3) is 5.11. The summed E-state index contributed by atoms with van der Waals surface area (Å²) >= 11 is 0. The molecular weight excluding hydrogens is 256 g/mol. The van der Waals surface area contributed by atoms with E-state index in [-0.39, 0.29) is 12.6 Å². The van der Waals surface area contributed by atoms with Crippen LogP contribution in [0.5, 0.6) is 0 Å². The van der Waals surface area contributed by atoms with Gasteiger partial charge < -0.3 is 9.84 Å². The molecule has 18 heavy (non-hydrogen) atoms. The molecular formula is C10H20N4O3S. The van der Waals surface area contributed by atoms with Crippen LogP contribution in [0, 0.1) is 0 Å². The van der Waals surface area contributed by atoms with Crippen molar-refractivity contribution in [3.63, 3.8) is 0 Å². The van der Waals surface area contributed by atoms with Gasteiger partial charge in [0.05, 0.1) is 5.25 Å². The third-order valence-electron chi connectivity index (χ3n) is 2.39. The van der Waals surface area contributed by atoms with E-state index in [2.05, 4.69) is 20.2 Å². The van der Waals surface area contributed by atoms with Gasteiger partial charge in [-0.15, -0.1) is 0 Å². The quantitative estimate of drug-likeness (QED) is 0.689. The van der Waals surface area contributed by atoms with Crippen molar-refractivity contribution in [2.75, 3.05) is 13.1 Å². The van der Waals surface area contributed by atoms with Gasteiger partial charge in [-0.05, 0) is 6.92 Å². The van der Waals surface area contributed by atoms with Crippen LogP contribution in [0.2, 0.25) is 0 Å². The second kappa shape index (κ2) is 6.81. The predicted molar refractivity (Wildman–Crippen MR) is 67.5 cm³/mol. The van der Waals surface area contributed by atoms with Crippen molar-refractivity contribution in [1.29, 1.82) is 0 Å². The van der Waals surface area contributed by atoms with Crippen LogP contribution in [-0.2, 0) is 16.4 Å². The van der Waals surface area contributed by atoms with Crippen LogP contribution < -0.4 is 10.0 Å². The van der Waals surface area contributed by atoms with Crippen LogP contribution in [0.25, 0.3) is 0 Å². The molecule has 1 aromatic rings. The van der Waals surface area contributed by atoms with Gasteiger partial charge in [0.25, 0.3) is 0 Å². The first-order valence-electron chi connectivity index (χ1n) is 5.89. The molecule has 0 radical (unpaired) electrons. The molecule has 7 nitrogen and oxygen atoms in total. The Kier molecular flexibility index (Phi) is 5.70. The molecule has 0 aromatic carbocycles. The Morgan fingerprint density at radius 1 is 1.39 bits per heavy atom. The van der Waals surface area contributed by atoms with Crippen LogP contribution in [0.4, 0.5) is 0 Å². The van der Waals surface area contributed by atoms with E-state index in [0.29, 0.717) is 18.9 Å². The van der Waals surface area contributed by atoms with Crippen LogP contribution in [-0.4, -0.2) is 42.9 Å². The third-order valence-corrected chi connectivity index (χ3v) is 4.22. The molecule has 8 heteroatoms. The summed E-state index contributed by atoms with van der Waals surface area (Å²) < 4.78 is 31.0. The van der Waals surface area contributed by atoms with Crippen molar-refractivity contribution >= 4 is 10.0 Å². The molecule has 1 rings (SSSR count). The van der Waals surface area contributed by atoms with Crippen molar-refractivity contribution in [3.05, 3.63) is 12.2 Å². The largest absolute Gasteiger partial charge is 0.340 e. The number of aromatic nitrogens is 2. The Morgan fingerprint density at radius 2 is 2.11 bits per heavy atom. The summed E-state index contributed by atoms with van der Waals surface area (Å²) in [5.74, 6) is 0.422. The summed E-state index contributed by atoms with van der Waals surface area (Å²) in [4.78, 5) is 3.82. The molecule has 0 aliphatic carbocycles. The number of hydrogen-bond donors (Lipinski definition) is 2. The maximum Gasteiger partial charge on any atom is 0.227 e. The van der Waals surface area contributed by atoms with Crippen LogP contribution >= 0.6 is 0 Å². The highest BCUT2D eigenvalue weighted by Gasteiger charge is 2.20. The summed E-state index contributed by atoms with van der Waals surface area (Å²) in [6.45, 7) is 6.30. The average Bonchev–Trinajstić information content (AvgIpc) is 2.78. The monoisotopic (exact) mass is 276 g/mol. The Hall–Kier alpha value is -0.990. The van der Waals surface area contributed by atoms with Gasteiger partial charge in [-0.1, -0.05) is 19.0 Å². The van der Waals surface area contributed by atoms with Crippen molar-refractivity contribution in [3.8, 4) is 0 Å². The number of nitrogens with one attached hydrogen (secondary N) is 2. The van der Waals surface area contributed by atoms with Crippen molar-refractivity contribution in [1.82, 2.24) is 20.2 Å². The van der Waals surface area contributed by atoms with Gasteiger partial charge in [0, 0.05) is 25.6 Å². The van der Waals surface area contributed by atoms with Crippen LogP contribution in [0.3, 0.4) is 0 Å². The Balaban J connectivity index is 2.34. The fourth-order valence-corrected chi connectivity index (χ4v) is 2.25. The van der Waals surface area contributed by atoms with Gasteiger partial charge in [-0.2, -0.15) is 4.98 Å². The average molecular weight is 276 g/mol. The maximum absolute atomic E-state index is 11.9. The molecule has 0 saturated heterocycles. The lowest BCUT2D eigenvalue weighted by molar-refractivity contribution is 0.377. The van der Waals surface area contributed by atoms with Crippen molar-refractivity contribution in [2.45, 2.75) is 38.5 Å². The van der Waals surface area contributed by atoms with Crippen molar-refractivity contribution in [2.24, 2.45) is 0 Å². The Labute approximate surface area is 107 Å². The summed E-state index contributed by atoms with van der Waals surface area (Å²) in [5, 5.41) is 6.06. The highest BCUT2D eigenvalue weighted by atomic mass is 32.2. The minimum absolute atomic E-state index is 0.260. The fourth-order valence-electron chi connectivity index (χ4n) is 1.26. The van der Waals surface area contributed by atoms with E-state index < -0.39 is 15.3 Å². The van der Waals surface area contributed by atoms with Gasteiger partial charge in [0.15, 0.2) is 6.33 Å². The smallest absolute Gasteiger partial charge is 0.227 e. The lowest BCUT2D eigenvalue weighted by Gasteiger charge is -2.16. The minimum Gasteiger partial charge on any atom is -0.340 e. The SMILES string of the molecule is CC(C)NCC(C)S(=O)(=O)NCCc1ncno1. The summed E-state index contributed by atoms with van der Waals surface area (Å²) in [6.07, 6.45) is 1.68. The maximum atomic E-state index is 11.9. The Morgan fingerprint density at radius 3 is 2.67 bits per heavy atom.